The molecule has 5 nitrogen and oxygen atoms in total. The summed E-state index contributed by atoms with van der Waals surface area (Å²) in [7, 11) is 1.68. The maximum Gasteiger partial charge on any atom is 0.122 e. The maximum atomic E-state index is 8.85. The lowest BCUT2D eigenvalue weighted by Gasteiger charge is -2.03. The van der Waals surface area contributed by atoms with Crippen LogP contribution in [-0.2, 0) is 17.7 Å². The van der Waals surface area contributed by atoms with E-state index in [0.29, 0.717) is 13.0 Å². The van der Waals surface area contributed by atoms with Crippen LogP contribution in [-0.4, -0.2) is 33.6 Å². The molecule has 1 atom stereocenters. The lowest BCUT2D eigenvalue weighted by atomic mass is 10.3. The van der Waals surface area contributed by atoms with Gasteiger partial charge in [-0.25, -0.2) is 4.98 Å². The van der Waals surface area contributed by atoms with E-state index in [1.807, 2.05) is 23.2 Å². The van der Waals surface area contributed by atoms with Crippen LogP contribution in [0.15, 0.2) is 17.8 Å². The highest BCUT2D eigenvalue weighted by atomic mass is 32.1. The Hall–Kier alpha value is -1.24. The summed E-state index contributed by atoms with van der Waals surface area (Å²) >= 11 is 1.60. The Kier molecular flexibility index (Phi) is 4.46. The molecule has 2 heterocycles. The summed E-state index contributed by atoms with van der Waals surface area (Å²) in [6.45, 7) is 2.78. The first-order chi connectivity index (χ1) is 8.72. The van der Waals surface area contributed by atoms with Gasteiger partial charge in [0.15, 0.2) is 0 Å². The average molecular weight is 267 g/mol. The summed E-state index contributed by atoms with van der Waals surface area (Å²) in [5.74, 6) is 0. The van der Waals surface area contributed by atoms with Gasteiger partial charge in [0.05, 0.1) is 18.4 Å². The van der Waals surface area contributed by atoms with Crippen LogP contribution in [0, 0.1) is 0 Å². The molecule has 1 unspecified atom stereocenters. The van der Waals surface area contributed by atoms with E-state index in [4.69, 9.17) is 9.84 Å². The smallest absolute Gasteiger partial charge is 0.122 e. The maximum absolute atomic E-state index is 8.85. The number of nitrogens with zero attached hydrogens (tertiary/aromatic N) is 3. The van der Waals surface area contributed by atoms with E-state index >= 15 is 0 Å². The fourth-order valence-corrected chi connectivity index (χ4v) is 2.44. The van der Waals surface area contributed by atoms with Crippen LogP contribution < -0.4 is 0 Å². The van der Waals surface area contributed by atoms with Gasteiger partial charge in [0, 0.05) is 25.3 Å². The van der Waals surface area contributed by atoms with Gasteiger partial charge in [-0.2, -0.15) is 5.10 Å². The van der Waals surface area contributed by atoms with E-state index < -0.39 is 0 Å². The predicted octanol–water partition coefficient (Wildman–Crippen LogP) is 1.63. The first-order valence-electron chi connectivity index (χ1n) is 5.82. The van der Waals surface area contributed by atoms with E-state index in [0.717, 1.165) is 16.3 Å². The van der Waals surface area contributed by atoms with Crippen LogP contribution in [0.3, 0.4) is 0 Å². The third-order valence-electron chi connectivity index (χ3n) is 2.68. The monoisotopic (exact) mass is 267 g/mol. The van der Waals surface area contributed by atoms with Crippen LogP contribution in [0.5, 0.6) is 0 Å². The third kappa shape index (κ3) is 3.16. The molecule has 0 aliphatic heterocycles. The van der Waals surface area contributed by atoms with Crippen LogP contribution >= 0.6 is 11.3 Å². The van der Waals surface area contributed by atoms with Crippen molar-refractivity contribution in [3.05, 3.63) is 34.0 Å². The summed E-state index contributed by atoms with van der Waals surface area (Å²) in [5, 5.41) is 16.1. The number of hydrogen-bond donors (Lipinski definition) is 1. The predicted molar refractivity (Wildman–Crippen MR) is 69.7 cm³/mol. The van der Waals surface area contributed by atoms with Crippen molar-refractivity contribution in [3.8, 4) is 0 Å². The minimum absolute atomic E-state index is 0.0336. The molecular weight excluding hydrogens is 250 g/mol. The van der Waals surface area contributed by atoms with Gasteiger partial charge in [0.25, 0.3) is 0 Å². The quantitative estimate of drug-likeness (QED) is 0.864. The highest BCUT2D eigenvalue weighted by molar-refractivity contribution is 7.09. The van der Waals surface area contributed by atoms with Crippen molar-refractivity contribution in [2.24, 2.45) is 0 Å². The number of ether oxygens (including phenoxy) is 1. The van der Waals surface area contributed by atoms with Gasteiger partial charge in [0.1, 0.15) is 11.1 Å². The summed E-state index contributed by atoms with van der Waals surface area (Å²) < 4.78 is 7.07. The normalized spacial score (nSPS) is 12.8. The zero-order chi connectivity index (χ0) is 13.0. The number of hydrogen-bond acceptors (Lipinski definition) is 5. The zero-order valence-electron chi connectivity index (χ0n) is 10.5. The van der Waals surface area contributed by atoms with E-state index in [9.17, 15) is 0 Å². The molecule has 0 aliphatic rings. The van der Waals surface area contributed by atoms with Crippen molar-refractivity contribution in [2.45, 2.75) is 26.0 Å². The Morgan fingerprint density at radius 3 is 3.11 bits per heavy atom. The highest BCUT2D eigenvalue weighted by Crippen LogP contribution is 2.20. The van der Waals surface area contributed by atoms with Gasteiger partial charge in [0.2, 0.25) is 0 Å². The Labute approximate surface area is 110 Å². The number of aromatic nitrogens is 3. The van der Waals surface area contributed by atoms with Gasteiger partial charge in [-0.3, -0.25) is 4.68 Å². The molecule has 0 saturated carbocycles. The van der Waals surface area contributed by atoms with Crippen molar-refractivity contribution in [1.29, 1.82) is 0 Å². The Balaban J connectivity index is 2.01. The molecule has 0 aromatic carbocycles. The van der Waals surface area contributed by atoms with E-state index in [1.165, 1.54) is 0 Å². The number of rotatable bonds is 6. The molecule has 0 radical (unpaired) electrons. The van der Waals surface area contributed by atoms with Crippen LogP contribution in [0.1, 0.15) is 29.3 Å². The van der Waals surface area contributed by atoms with E-state index in [-0.39, 0.29) is 12.7 Å². The number of aliphatic hydroxyl groups excluding tert-OH is 1. The van der Waals surface area contributed by atoms with Gasteiger partial charge >= 0.3 is 0 Å². The Bertz CT molecular complexity index is 495. The lowest BCUT2D eigenvalue weighted by Crippen LogP contribution is -2.01. The summed E-state index contributed by atoms with van der Waals surface area (Å²) in [6.07, 6.45) is 4.39. The van der Waals surface area contributed by atoms with Crippen molar-refractivity contribution < 1.29 is 9.84 Å². The standard InChI is InChI=1S/C12H17N3O2S/c1-9(17-2)12-14-11(8-18-12)7-15-6-10(3-4-16)5-13-15/h5-6,8-9,16H,3-4,7H2,1-2H3. The molecule has 2 aromatic rings. The molecule has 0 saturated heterocycles. The minimum Gasteiger partial charge on any atom is -0.396 e. The second-order valence-corrected chi connectivity index (χ2v) is 4.96. The molecule has 0 fully saturated rings. The van der Waals surface area contributed by atoms with Crippen molar-refractivity contribution >= 4 is 11.3 Å². The first-order valence-corrected chi connectivity index (χ1v) is 6.70. The second-order valence-electron chi connectivity index (χ2n) is 4.07. The van der Waals surface area contributed by atoms with E-state index in [2.05, 4.69) is 10.1 Å². The highest BCUT2D eigenvalue weighted by Gasteiger charge is 2.09. The minimum atomic E-state index is 0.0336. The zero-order valence-corrected chi connectivity index (χ0v) is 11.4. The number of aliphatic hydroxyl groups is 1. The molecule has 0 amide bonds. The first kappa shape index (κ1) is 13.2. The topological polar surface area (TPSA) is 60.2 Å². The number of thiazole rings is 1. The molecule has 18 heavy (non-hydrogen) atoms. The molecule has 6 heteroatoms. The fraction of sp³-hybridized carbons (Fsp3) is 0.500. The molecule has 1 N–H and O–H groups in total. The summed E-state index contributed by atoms with van der Waals surface area (Å²) in [4.78, 5) is 4.51. The largest absolute Gasteiger partial charge is 0.396 e. The van der Waals surface area contributed by atoms with E-state index in [1.54, 1.807) is 24.6 Å². The summed E-state index contributed by atoms with van der Waals surface area (Å²) in [6, 6.07) is 0. The molecule has 98 valence electrons. The van der Waals surface area contributed by atoms with Crippen LogP contribution in [0.25, 0.3) is 0 Å². The van der Waals surface area contributed by atoms with Crippen LogP contribution in [0.4, 0.5) is 0 Å². The van der Waals surface area contributed by atoms with Gasteiger partial charge in [-0.05, 0) is 18.9 Å². The molecular formula is C12H17N3O2S. The fourth-order valence-electron chi connectivity index (χ4n) is 1.60. The van der Waals surface area contributed by atoms with Crippen molar-refractivity contribution in [1.82, 2.24) is 14.8 Å². The van der Waals surface area contributed by atoms with Crippen molar-refractivity contribution in [2.75, 3.05) is 13.7 Å². The molecule has 2 aromatic heterocycles. The molecule has 2 rings (SSSR count). The summed E-state index contributed by atoms with van der Waals surface area (Å²) in [5.41, 5.74) is 2.02. The molecule has 0 bridgehead atoms. The van der Waals surface area contributed by atoms with Crippen LogP contribution in [0.2, 0.25) is 0 Å². The second kappa shape index (κ2) is 6.08. The van der Waals surface area contributed by atoms with Gasteiger partial charge < -0.3 is 9.84 Å². The SMILES string of the molecule is COC(C)c1nc(Cn2cc(CCO)cn2)cs1. The lowest BCUT2D eigenvalue weighted by molar-refractivity contribution is 0.119. The Morgan fingerprint density at radius 1 is 1.56 bits per heavy atom. The van der Waals surface area contributed by atoms with Crippen molar-refractivity contribution in [3.63, 3.8) is 0 Å². The molecule has 0 aliphatic carbocycles. The van der Waals surface area contributed by atoms with Gasteiger partial charge in [-0.15, -0.1) is 11.3 Å². The third-order valence-corrected chi connectivity index (χ3v) is 3.74. The average Bonchev–Trinajstić information content (AvgIpc) is 2.99. The molecule has 0 spiro atoms. The Morgan fingerprint density at radius 2 is 2.39 bits per heavy atom. The number of methoxy groups -OCH3 is 1. The van der Waals surface area contributed by atoms with Gasteiger partial charge in [-0.1, -0.05) is 0 Å².